The average molecular weight is 534 g/mol. The molecule has 0 radical (unpaired) electrons. The third kappa shape index (κ3) is 7.18. The zero-order chi connectivity index (χ0) is 27.5. The SMILES string of the molecule is CC(O)(C(=O)NCC(F)(F)C(F)(F)F)C(=O)NC1CN(CCCC(F)(F)F)c2ccccc2NC1=O. The topological polar surface area (TPSA) is 111 Å². The molecule has 1 aliphatic rings. The Kier molecular flexibility index (Phi) is 8.43. The second-order valence-corrected chi connectivity index (χ2v) is 8.15. The number of amides is 3. The molecule has 1 aromatic carbocycles. The van der Waals surface area contributed by atoms with E-state index in [9.17, 15) is 54.6 Å². The summed E-state index contributed by atoms with van der Waals surface area (Å²) in [7, 11) is 0. The van der Waals surface area contributed by atoms with Gasteiger partial charge in [0.2, 0.25) is 11.5 Å². The van der Waals surface area contributed by atoms with Gasteiger partial charge in [-0.2, -0.15) is 35.1 Å². The number of anilines is 2. The fraction of sp³-hybridized carbons (Fsp3) is 0.550. The van der Waals surface area contributed by atoms with Crippen molar-refractivity contribution in [3.63, 3.8) is 0 Å². The summed E-state index contributed by atoms with van der Waals surface area (Å²) in [5.41, 5.74) is -2.66. The van der Waals surface area contributed by atoms with Crippen molar-refractivity contribution < 1.29 is 54.6 Å². The quantitative estimate of drug-likeness (QED) is 0.303. The van der Waals surface area contributed by atoms with Gasteiger partial charge in [-0.25, -0.2) is 0 Å². The van der Waals surface area contributed by atoms with Crippen LogP contribution in [0.2, 0.25) is 0 Å². The summed E-state index contributed by atoms with van der Waals surface area (Å²) in [6.07, 6.45) is -12.0. The molecule has 202 valence electrons. The van der Waals surface area contributed by atoms with E-state index in [0.29, 0.717) is 12.6 Å². The first-order valence-electron chi connectivity index (χ1n) is 10.3. The Hall–Kier alpha value is -3.17. The average Bonchev–Trinajstić information content (AvgIpc) is 2.86. The first kappa shape index (κ1) is 29.1. The van der Waals surface area contributed by atoms with E-state index in [4.69, 9.17) is 0 Å². The molecule has 16 heteroatoms. The summed E-state index contributed by atoms with van der Waals surface area (Å²) in [4.78, 5) is 38.5. The lowest BCUT2D eigenvalue weighted by Gasteiger charge is -2.29. The highest BCUT2D eigenvalue weighted by molar-refractivity contribution is 6.10. The van der Waals surface area contributed by atoms with Crippen LogP contribution in [0.15, 0.2) is 24.3 Å². The lowest BCUT2D eigenvalue weighted by molar-refractivity contribution is -0.278. The van der Waals surface area contributed by atoms with Gasteiger partial charge in [-0.05, 0) is 25.5 Å². The summed E-state index contributed by atoms with van der Waals surface area (Å²) >= 11 is 0. The van der Waals surface area contributed by atoms with Gasteiger partial charge in [-0.1, -0.05) is 12.1 Å². The Morgan fingerprint density at radius 3 is 2.28 bits per heavy atom. The maximum absolute atomic E-state index is 13.0. The highest BCUT2D eigenvalue weighted by Gasteiger charge is 2.58. The van der Waals surface area contributed by atoms with Gasteiger partial charge < -0.3 is 26.0 Å². The molecule has 2 rings (SSSR count). The molecule has 2 atom stereocenters. The number of hydrogen-bond acceptors (Lipinski definition) is 5. The van der Waals surface area contributed by atoms with Crippen LogP contribution in [-0.4, -0.2) is 72.4 Å². The van der Waals surface area contributed by atoms with Crippen molar-refractivity contribution in [3.05, 3.63) is 24.3 Å². The maximum Gasteiger partial charge on any atom is 0.455 e. The van der Waals surface area contributed by atoms with Crippen molar-refractivity contribution in [2.24, 2.45) is 0 Å². The van der Waals surface area contributed by atoms with E-state index < -0.39 is 67.1 Å². The zero-order valence-corrected chi connectivity index (χ0v) is 18.6. The molecule has 1 heterocycles. The van der Waals surface area contributed by atoms with E-state index >= 15 is 0 Å². The van der Waals surface area contributed by atoms with E-state index in [0.717, 1.165) is 5.32 Å². The van der Waals surface area contributed by atoms with Crippen molar-refractivity contribution in [2.75, 3.05) is 29.9 Å². The smallest absolute Gasteiger partial charge is 0.372 e. The summed E-state index contributed by atoms with van der Waals surface area (Å²) < 4.78 is 101. The Labute approximate surface area is 199 Å². The third-order valence-electron chi connectivity index (χ3n) is 5.19. The fourth-order valence-corrected chi connectivity index (χ4v) is 3.14. The summed E-state index contributed by atoms with van der Waals surface area (Å²) in [5.74, 6) is -9.74. The van der Waals surface area contributed by atoms with Gasteiger partial charge in [0, 0.05) is 19.5 Å². The summed E-state index contributed by atoms with van der Waals surface area (Å²) in [6.45, 7) is -2.36. The molecular weight excluding hydrogens is 512 g/mol. The van der Waals surface area contributed by atoms with Crippen LogP contribution in [0.25, 0.3) is 0 Å². The van der Waals surface area contributed by atoms with Gasteiger partial charge in [0.25, 0.3) is 11.8 Å². The minimum Gasteiger partial charge on any atom is -0.372 e. The normalized spacial score (nSPS) is 18.4. The lowest BCUT2D eigenvalue weighted by atomic mass is 10.0. The molecular formula is C20H22F8N4O4. The molecule has 0 bridgehead atoms. The van der Waals surface area contributed by atoms with E-state index in [2.05, 4.69) is 5.32 Å². The maximum atomic E-state index is 13.0. The molecule has 0 aromatic heterocycles. The van der Waals surface area contributed by atoms with Crippen LogP contribution in [0.5, 0.6) is 0 Å². The monoisotopic (exact) mass is 534 g/mol. The van der Waals surface area contributed by atoms with Gasteiger partial charge in [0.1, 0.15) is 6.04 Å². The molecule has 1 aliphatic heterocycles. The Balaban J connectivity index is 2.15. The first-order valence-corrected chi connectivity index (χ1v) is 10.3. The number of alkyl halides is 8. The lowest BCUT2D eigenvalue weighted by Crippen LogP contribution is -2.61. The molecule has 0 fully saturated rings. The number of benzene rings is 1. The standard InChI is InChI=1S/C20H22F8N4O4/c1-17(36,15(34)29-10-18(21,22)20(26,27)28)16(35)31-12-9-32(8-4-7-19(23,24)25)13-6-3-2-5-11(13)30-14(12)33/h2-3,5-6,12,36H,4,7-10H2,1H3,(H,29,34)(H,30,33)(H,31,35). The predicted octanol–water partition coefficient (Wildman–Crippen LogP) is 2.34. The first-order chi connectivity index (χ1) is 16.3. The van der Waals surface area contributed by atoms with Gasteiger partial charge in [0.15, 0.2) is 0 Å². The second kappa shape index (κ2) is 10.4. The van der Waals surface area contributed by atoms with E-state index in [1.54, 1.807) is 6.07 Å². The number of nitrogens with one attached hydrogen (secondary N) is 3. The molecule has 0 aliphatic carbocycles. The van der Waals surface area contributed by atoms with Gasteiger partial charge in [-0.3, -0.25) is 14.4 Å². The highest BCUT2D eigenvalue weighted by Crippen LogP contribution is 2.35. The van der Waals surface area contributed by atoms with E-state index in [1.807, 2.05) is 5.32 Å². The number of para-hydroxylation sites is 2. The van der Waals surface area contributed by atoms with Crippen LogP contribution in [0.1, 0.15) is 19.8 Å². The largest absolute Gasteiger partial charge is 0.455 e. The molecule has 4 N–H and O–H groups in total. The highest BCUT2D eigenvalue weighted by atomic mass is 19.4. The number of hydrogen-bond donors (Lipinski definition) is 4. The molecule has 0 saturated heterocycles. The number of carbonyl (C=O) groups is 3. The van der Waals surface area contributed by atoms with Crippen molar-refractivity contribution in [2.45, 2.75) is 49.7 Å². The van der Waals surface area contributed by atoms with Crippen molar-refractivity contribution in [1.82, 2.24) is 10.6 Å². The Bertz CT molecular complexity index is 981. The van der Waals surface area contributed by atoms with Crippen LogP contribution < -0.4 is 20.9 Å². The van der Waals surface area contributed by atoms with Crippen molar-refractivity contribution in [3.8, 4) is 0 Å². The van der Waals surface area contributed by atoms with Crippen LogP contribution in [0, 0.1) is 0 Å². The van der Waals surface area contributed by atoms with Crippen LogP contribution in [-0.2, 0) is 14.4 Å². The van der Waals surface area contributed by atoms with Gasteiger partial charge >= 0.3 is 18.3 Å². The van der Waals surface area contributed by atoms with Crippen molar-refractivity contribution in [1.29, 1.82) is 0 Å². The molecule has 8 nitrogen and oxygen atoms in total. The minimum atomic E-state index is -6.00. The van der Waals surface area contributed by atoms with Crippen LogP contribution in [0.4, 0.5) is 46.5 Å². The molecule has 1 aromatic rings. The molecule has 2 unspecified atom stereocenters. The fourth-order valence-electron chi connectivity index (χ4n) is 3.14. The van der Waals surface area contributed by atoms with E-state index in [1.165, 1.54) is 23.1 Å². The second-order valence-electron chi connectivity index (χ2n) is 8.15. The van der Waals surface area contributed by atoms with Crippen molar-refractivity contribution >= 4 is 29.1 Å². The summed E-state index contributed by atoms with van der Waals surface area (Å²) in [6, 6.07) is 4.47. The number of fused-ring (bicyclic) bond motifs is 1. The minimum absolute atomic E-state index is 0.199. The molecule has 36 heavy (non-hydrogen) atoms. The number of halogens is 8. The third-order valence-corrected chi connectivity index (χ3v) is 5.19. The zero-order valence-electron chi connectivity index (χ0n) is 18.6. The summed E-state index contributed by atoms with van der Waals surface area (Å²) in [5, 5.41) is 15.8. The number of nitrogens with zero attached hydrogens (tertiary/aromatic N) is 1. The molecule has 0 saturated carbocycles. The van der Waals surface area contributed by atoms with Gasteiger partial charge in [-0.15, -0.1) is 0 Å². The number of rotatable bonds is 8. The molecule has 3 amide bonds. The molecule has 0 spiro atoms. The van der Waals surface area contributed by atoms with E-state index in [-0.39, 0.29) is 18.7 Å². The number of carbonyl (C=O) groups excluding carboxylic acids is 3. The van der Waals surface area contributed by atoms with Gasteiger partial charge in [0.05, 0.1) is 17.9 Å². The number of aliphatic hydroxyl groups is 1. The predicted molar refractivity (Wildman–Crippen MR) is 109 cm³/mol. The van der Waals surface area contributed by atoms with Crippen LogP contribution >= 0.6 is 0 Å². The van der Waals surface area contributed by atoms with Crippen LogP contribution in [0.3, 0.4) is 0 Å². The Morgan fingerprint density at radius 1 is 1.08 bits per heavy atom. The Morgan fingerprint density at radius 2 is 1.69 bits per heavy atom.